The van der Waals surface area contributed by atoms with E-state index in [9.17, 15) is 8.42 Å². The number of hydrogen-bond donors (Lipinski definition) is 1. The van der Waals surface area contributed by atoms with Crippen LogP contribution in [0.1, 0.15) is 26.3 Å². The summed E-state index contributed by atoms with van der Waals surface area (Å²) in [5.74, 6) is 0.461. The third-order valence-corrected chi connectivity index (χ3v) is 7.06. The first kappa shape index (κ1) is 20.7. The molecule has 0 aliphatic rings. The van der Waals surface area contributed by atoms with Crippen LogP contribution in [0, 0.1) is 0 Å². The van der Waals surface area contributed by atoms with Crippen LogP contribution in [0.2, 0.25) is 0 Å². The SMILES string of the molecule is Cn1cc(-c2cc3c(Br)ccc(NS(=O)(=O)c4ccc(C(C)(C)C)cc4)n3c2)cn1. The van der Waals surface area contributed by atoms with E-state index in [-0.39, 0.29) is 10.3 Å². The lowest BCUT2D eigenvalue weighted by molar-refractivity contribution is 0.587. The molecule has 0 amide bonds. The molecule has 0 fully saturated rings. The molecule has 6 nitrogen and oxygen atoms in total. The van der Waals surface area contributed by atoms with E-state index < -0.39 is 10.0 Å². The molecule has 0 atom stereocenters. The number of nitrogens with one attached hydrogen (secondary N) is 1. The molecule has 1 aromatic carbocycles. The van der Waals surface area contributed by atoms with Crippen molar-refractivity contribution in [1.29, 1.82) is 0 Å². The molecule has 0 unspecified atom stereocenters. The van der Waals surface area contributed by atoms with Gasteiger partial charge in [-0.05, 0) is 57.2 Å². The Morgan fingerprint density at radius 2 is 1.70 bits per heavy atom. The number of fused-ring (bicyclic) bond motifs is 1. The van der Waals surface area contributed by atoms with E-state index >= 15 is 0 Å². The van der Waals surface area contributed by atoms with Crippen LogP contribution in [0.15, 0.2) is 70.4 Å². The van der Waals surface area contributed by atoms with E-state index in [4.69, 9.17) is 0 Å². The van der Waals surface area contributed by atoms with E-state index in [0.717, 1.165) is 26.7 Å². The maximum atomic E-state index is 13.0. The molecular formula is C22H23BrN4O2S. The highest BCUT2D eigenvalue weighted by atomic mass is 79.9. The molecule has 0 radical (unpaired) electrons. The number of sulfonamides is 1. The fourth-order valence-corrected chi connectivity index (χ4v) is 4.80. The van der Waals surface area contributed by atoms with E-state index in [1.165, 1.54) is 0 Å². The lowest BCUT2D eigenvalue weighted by atomic mass is 9.87. The molecule has 3 aromatic heterocycles. The lowest BCUT2D eigenvalue weighted by Gasteiger charge is -2.19. The minimum Gasteiger partial charge on any atom is -0.301 e. The number of halogens is 1. The lowest BCUT2D eigenvalue weighted by Crippen LogP contribution is -2.16. The molecular weight excluding hydrogens is 464 g/mol. The van der Waals surface area contributed by atoms with Gasteiger partial charge >= 0.3 is 0 Å². The van der Waals surface area contributed by atoms with Gasteiger partial charge in [-0.3, -0.25) is 9.40 Å². The van der Waals surface area contributed by atoms with Gasteiger partial charge in [0.2, 0.25) is 0 Å². The van der Waals surface area contributed by atoms with E-state index in [0.29, 0.717) is 5.82 Å². The number of aromatic nitrogens is 3. The van der Waals surface area contributed by atoms with Crippen molar-refractivity contribution in [2.75, 3.05) is 4.72 Å². The maximum absolute atomic E-state index is 13.0. The normalized spacial score (nSPS) is 12.4. The molecule has 156 valence electrons. The average molecular weight is 487 g/mol. The number of rotatable bonds is 4. The van der Waals surface area contributed by atoms with Crippen molar-refractivity contribution in [2.45, 2.75) is 31.1 Å². The van der Waals surface area contributed by atoms with Gasteiger partial charge in [0, 0.05) is 35.0 Å². The minimum atomic E-state index is -3.73. The summed E-state index contributed by atoms with van der Waals surface area (Å²) in [7, 11) is -1.87. The summed E-state index contributed by atoms with van der Waals surface area (Å²) >= 11 is 3.55. The highest BCUT2D eigenvalue weighted by Gasteiger charge is 2.19. The third-order valence-electron chi connectivity index (χ3n) is 5.02. The van der Waals surface area contributed by atoms with Crippen molar-refractivity contribution in [2.24, 2.45) is 7.05 Å². The summed E-state index contributed by atoms with van der Waals surface area (Å²) < 4.78 is 33.2. The molecule has 0 aliphatic heterocycles. The minimum absolute atomic E-state index is 0.0403. The second kappa shape index (κ2) is 7.28. The first-order valence-corrected chi connectivity index (χ1v) is 11.8. The van der Waals surface area contributed by atoms with Gasteiger partial charge in [-0.25, -0.2) is 8.42 Å². The Kier molecular flexibility index (Phi) is 5.02. The molecule has 4 rings (SSSR count). The predicted octanol–water partition coefficient (Wildman–Crippen LogP) is 5.20. The summed E-state index contributed by atoms with van der Waals surface area (Å²) in [5, 5.41) is 4.22. The van der Waals surface area contributed by atoms with Gasteiger partial charge in [0.25, 0.3) is 10.0 Å². The van der Waals surface area contributed by atoms with Crippen molar-refractivity contribution >= 4 is 37.3 Å². The maximum Gasteiger partial charge on any atom is 0.263 e. The van der Waals surface area contributed by atoms with Gasteiger partial charge in [0.05, 0.1) is 16.6 Å². The van der Waals surface area contributed by atoms with Gasteiger partial charge in [0.1, 0.15) is 5.82 Å². The summed E-state index contributed by atoms with van der Waals surface area (Å²) in [6.07, 6.45) is 5.60. The van der Waals surface area contributed by atoms with Crippen LogP contribution in [0.3, 0.4) is 0 Å². The Labute approximate surface area is 184 Å². The molecule has 0 saturated carbocycles. The van der Waals surface area contributed by atoms with Gasteiger partial charge in [-0.1, -0.05) is 32.9 Å². The van der Waals surface area contributed by atoms with Crippen LogP contribution < -0.4 is 4.72 Å². The second-order valence-electron chi connectivity index (χ2n) is 8.33. The first-order chi connectivity index (χ1) is 14.0. The zero-order valence-electron chi connectivity index (χ0n) is 17.2. The molecule has 1 N–H and O–H groups in total. The van der Waals surface area contributed by atoms with Crippen LogP contribution >= 0.6 is 15.9 Å². The second-order valence-corrected chi connectivity index (χ2v) is 10.9. The van der Waals surface area contributed by atoms with Crippen molar-refractivity contribution in [3.05, 3.63) is 71.1 Å². The largest absolute Gasteiger partial charge is 0.301 e. The van der Waals surface area contributed by atoms with Crippen molar-refractivity contribution in [1.82, 2.24) is 14.2 Å². The van der Waals surface area contributed by atoms with E-state index in [1.807, 2.05) is 48.1 Å². The fraction of sp³-hybridized carbons (Fsp3) is 0.227. The molecule has 0 saturated heterocycles. The summed E-state index contributed by atoms with van der Waals surface area (Å²) in [4.78, 5) is 0.228. The van der Waals surface area contributed by atoms with Gasteiger partial charge < -0.3 is 4.40 Å². The van der Waals surface area contributed by atoms with Crippen LogP contribution in [0.4, 0.5) is 5.82 Å². The monoisotopic (exact) mass is 486 g/mol. The third kappa shape index (κ3) is 3.89. The van der Waals surface area contributed by atoms with E-state index in [2.05, 4.69) is 46.5 Å². The standard InChI is InChI=1S/C22H23BrN4O2S/c1-22(2,3)17-5-7-18(8-6-17)30(28,29)25-21-10-9-19(23)20-11-15(14-27(20)21)16-12-24-26(4)13-16/h5-14,25H,1-4H3. The zero-order chi connectivity index (χ0) is 21.7. The van der Waals surface area contributed by atoms with Crippen molar-refractivity contribution in [3.63, 3.8) is 0 Å². The topological polar surface area (TPSA) is 68.4 Å². The number of aryl methyl sites for hydroxylation is 1. The van der Waals surface area contributed by atoms with Crippen LogP contribution in [-0.2, 0) is 22.5 Å². The molecule has 30 heavy (non-hydrogen) atoms. The van der Waals surface area contributed by atoms with Gasteiger partial charge in [-0.15, -0.1) is 0 Å². The Balaban J connectivity index is 1.72. The summed E-state index contributed by atoms with van der Waals surface area (Å²) in [5.41, 5.74) is 3.81. The van der Waals surface area contributed by atoms with Crippen molar-refractivity contribution in [3.8, 4) is 11.1 Å². The number of pyridine rings is 1. The fourth-order valence-electron chi connectivity index (χ4n) is 3.31. The Morgan fingerprint density at radius 1 is 1.00 bits per heavy atom. The van der Waals surface area contributed by atoms with Crippen LogP contribution in [0.25, 0.3) is 16.6 Å². The molecule has 8 heteroatoms. The van der Waals surface area contributed by atoms with E-state index in [1.54, 1.807) is 29.1 Å². The Hall–Kier alpha value is -2.58. The quantitative estimate of drug-likeness (QED) is 0.430. The highest BCUT2D eigenvalue weighted by molar-refractivity contribution is 9.10. The van der Waals surface area contributed by atoms with Crippen LogP contribution in [-0.4, -0.2) is 22.6 Å². The molecule has 0 bridgehead atoms. The van der Waals surface area contributed by atoms with Crippen molar-refractivity contribution < 1.29 is 8.42 Å². The first-order valence-electron chi connectivity index (χ1n) is 9.48. The number of hydrogen-bond acceptors (Lipinski definition) is 3. The predicted molar refractivity (Wildman–Crippen MR) is 123 cm³/mol. The Morgan fingerprint density at radius 3 is 2.30 bits per heavy atom. The zero-order valence-corrected chi connectivity index (χ0v) is 19.6. The van der Waals surface area contributed by atoms with Crippen LogP contribution in [0.5, 0.6) is 0 Å². The summed E-state index contributed by atoms with van der Waals surface area (Å²) in [6, 6.07) is 12.6. The number of anilines is 1. The van der Waals surface area contributed by atoms with Gasteiger partial charge in [-0.2, -0.15) is 5.10 Å². The molecule has 4 aromatic rings. The Bertz CT molecular complexity index is 1330. The molecule has 0 aliphatic carbocycles. The summed E-state index contributed by atoms with van der Waals surface area (Å²) in [6.45, 7) is 6.29. The average Bonchev–Trinajstić information content (AvgIpc) is 3.30. The molecule has 0 spiro atoms. The molecule has 3 heterocycles. The smallest absolute Gasteiger partial charge is 0.263 e. The van der Waals surface area contributed by atoms with Gasteiger partial charge in [0.15, 0.2) is 0 Å². The highest BCUT2D eigenvalue weighted by Crippen LogP contribution is 2.31. The number of benzene rings is 1. The number of nitrogens with zero attached hydrogens (tertiary/aromatic N) is 3.